The summed E-state index contributed by atoms with van der Waals surface area (Å²) in [7, 11) is 1.59. The van der Waals surface area contributed by atoms with E-state index >= 15 is 0 Å². The van der Waals surface area contributed by atoms with Gasteiger partial charge >= 0.3 is 5.97 Å². The van der Waals surface area contributed by atoms with Crippen LogP contribution in [0, 0.1) is 0 Å². The lowest BCUT2D eigenvalue weighted by Crippen LogP contribution is -2.30. The topological polar surface area (TPSA) is 107 Å². The van der Waals surface area contributed by atoms with Gasteiger partial charge in [0.2, 0.25) is 5.16 Å². The third-order valence-electron chi connectivity index (χ3n) is 3.43. The van der Waals surface area contributed by atoms with Crippen LogP contribution in [0.1, 0.15) is 17.7 Å². The lowest BCUT2D eigenvalue weighted by molar-refractivity contribution is -0.136. The Morgan fingerprint density at radius 2 is 2.08 bits per heavy atom. The van der Waals surface area contributed by atoms with Crippen LogP contribution in [0.2, 0.25) is 0 Å². The van der Waals surface area contributed by atoms with E-state index in [1.807, 2.05) is 24.3 Å². The third kappa shape index (κ3) is 3.30. The van der Waals surface area contributed by atoms with Crippen molar-refractivity contribution in [3.63, 3.8) is 0 Å². The Kier molecular flexibility index (Phi) is 4.61. The molecule has 1 aromatic carbocycles. The Bertz CT molecular complexity index is 861. The number of benzene rings is 1. The van der Waals surface area contributed by atoms with Crippen LogP contribution in [0.3, 0.4) is 0 Å². The maximum absolute atomic E-state index is 12.4. The molecule has 0 aliphatic carbocycles. The van der Waals surface area contributed by atoms with E-state index in [4.69, 9.17) is 9.84 Å². The molecule has 0 amide bonds. The number of hydrogen-bond acceptors (Lipinski definition) is 7. The molecular formula is C15H14N4O4S. The van der Waals surface area contributed by atoms with Crippen molar-refractivity contribution < 1.29 is 14.6 Å². The molecule has 1 aromatic heterocycles. The van der Waals surface area contributed by atoms with Crippen molar-refractivity contribution >= 4 is 23.4 Å². The molecule has 1 aliphatic rings. The summed E-state index contributed by atoms with van der Waals surface area (Å²) in [6.07, 6.45) is -0.148. The number of nitrogens with zero attached hydrogens (tertiary/aromatic N) is 4. The van der Waals surface area contributed by atoms with Crippen LogP contribution in [0.25, 0.3) is 0 Å². The van der Waals surface area contributed by atoms with Crippen LogP contribution >= 0.6 is 11.8 Å². The molecule has 0 spiro atoms. The number of methoxy groups -OCH3 is 1. The SMILES string of the molecule is COc1ccc(C2=Nn3c(nnc(CCC(=O)O)c3=O)SC2)cc1. The third-order valence-corrected chi connectivity index (χ3v) is 4.36. The van der Waals surface area contributed by atoms with Crippen molar-refractivity contribution in [1.82, 2.24) is 14.9 Å². The molecule has 0 fully saturated rings. The zero-order chi connectivity index (χ0) is 17.1. The van der Waals surface area contributed by atoms with E-state index < -0.39 is 11.5 Å². The maximum Gasteiger partial charge on any atom is 0.303 e. The number of rotatable bonds is 5. The van der Waals surface area contributed by atoms with Gasteiger partial charge in [0.15, 0.2) is 0 Å². The van der Waals surface area contributed by atoms with Crippen molar-refractivity contribution in [2.75, 3.05) is 12.9 Å². The fourth-order valence-corrected chi connectivity index (χ4v) is 3.00. The average molecular weight is 346 g/mol. The zero-order valence-corrected chi connectivity index (χ0v) is 13.6. The number of hydrogen-bond donors (Lipinski definition) is 1. The average Bonchev–Trinajstić information content (AvgIpc) is 2.61. The molecule has 0 atom stereocenters. The zero-order valence-electron chi connectivity index (χ0n) is 12.8. The summed E-state index contributed by atoms with van der Waals surface area (Å²) in [6, 6.07) is 7.39. The lowest BCUT2D eigenvalue weighted by atomic mass is 10.1. The monoisotopic (exact) mass is 346 g/mol. The number of fused-ring (bicyclic) bond motifs is 1. The number of carboxylic acid groups (broad SMARTS) is 1. The minimum atomic E-state index is -0.990. The molecule has 1 N–H and O–H groups in total. The van der Waals surface area contributed by atoms with Crippen molar-refractivity contribution in [3.8, 4) is 5.75 Å². The molecule has 2 heterocycles. The highest BCUT2D eigenvalue weighted by atomic mass is 32.2. The highest BCUT2D eigenvalue weighted by Crippen LogP contribution is 2.22. The van der Waals surface area contributed by atoms with Gasteiger partial charge in [-0.15, -0.1) is 10.2 Å². The predicted molar refractivity (Wildman–Crippen MR) is 87.9 cm³/mol. The maximum atomic E-state index is 12.4. The Morgan fingerprint density at radius 3 is 2.75 bits per heavy atom. The molecule has 0 radical (unpaired) electrons. The molecule has 1 aliphatic heterocycles. The fraction of sp³-hybridized carbons (Fsp3) is 0.267. The molecule has 2 aromatic rings. The summed E-state index contributed by atoms with van der Waals surface area (Å²) >= 11 is 1.36. The molecule has 8 nitrogen and oxygen atoms in total. The second-order valence-corrected chi connectivity index (χ2v) is 5.95. The van der Waals surface area contributed by atoms with Gasteiger partial charge in [-0.1, -0.05) is 11.8 Å². The minimum Gasteiger partial charge on any atom is -0.497 e. The summed E-state index contributed by atoms with van der Waals surface area (Å²) in [5.41, 5.74) is 1.28. The van der Waals surface area contributed by atoms with E-state index in [9.17, 15) is 9.59 Å². The Balaban J connectivity index is 1.95. The van der Waals surface area contributed by atoms with Gasteiger partial charge in [-0.2, -0.15) is 9.78 Å². The van der Waals surface area contributed by atoms with Crippen molar-refractivity contribution in [2.45, 2.75) is 18.0 Å². The summed E-state index contributed by atoms with van der Waals surface area (Å²) in [5.74, 6) is 0.312. The first-order valence-corrected chi connectivity index (χ1v) is 8.12. The van der Waals surface area contributed by atoms with Crippen LogP contribution in [0.5, 0.6) is 5.75 Å². The fourth-order valence-electron chi connectivity index (χ4n) is 2.16. The van der Waals surface area contributed by atoms with Gasteiger partial charge in [0.1, 0.15) is 11.4 Å². The number of aryl methyl sites for hydroxylation is 1. The summed E-state index contributed by atoms with van der Waals surface area (Å²) in [4.78, 5) is 23.1. The van der Waals surface area contributed by atoms with Gasteiger partial charge < -0.3 is 9.84 Å². The van der Waals surface area contributed by atoms with E-state index in [-0.39, 0.29) is 18.5 Å². The number of carboxylic acids is 1. The van der Waals surface area contributed by atoms with Crippen LogP contribution in [-0.4, -0.2) is 44.5 Å². The van der Waals surface area contributed by atoms with Crippen molar-refractivity contribution in [1.29, 1.82) is 0 Å². The summed E-state index contributed by atoms with van der Waals surface area (Å²) < 4.78 is 6.32. The van der Waals surface area contributed by atoms with Gasteiger partial charge in [-0.05, 0) is 29.8 Å². The molecule has 0 saturated carbocycles. The Hall–Kier alpha value is -2.68. The van der Waals surface area contributed by atoms with E-state index in [2.05, 4.69) is 15.3 Å². The van der Waals surface area contributed by atoms with E-state index in [0.29, 0.717) is 10.9 Å². The van der Waals surface area contributed by atoms with Crippen LogP contribution < -0.4 is 10.3 Å². The van der Waals surface area contributed by atoms with Gasteiger partial charge in [-0.3, -0.25) is 9.59 Å². The first-order chi connectivity index (χ1) is 11.6. The van der Waals surface area contributed by atoms with E-state index in [1.165, 1.54) is 16.4 Å². The van der Waals surface area contributed by atoms with E-state index in [1.54, 1.807) is 7.11 Å². The minimum absolute atomic E-state index is 0.0273. The molecule has 24 heavy (non-hydrogen) atoms. The van der Waals surface area contributed by atoms with Crippen molar-refractivity contribution in [3.05, 3.63) is 45.9 Å². The van der Waals surface area contributed by atoms with Gasteiger partial charge in [0.05, 0.1) is 19.2 Å². The molecule has 9 heteroatoms. The first kappa shape index (κ1) is 16.2. The highest BCUT2D eigenvalue weighted by Gasteiger charge is 2.19. The number of ether oxygens (including phenoxy) is 1. The molecule has 3 rings (SSSR count). The first-order valence-electron chi connectivity index (χ1n) is 7.14. The predicted octanol–water partition coefficient (Wildman–Crippen LogP) is 1.02. The Labute approximate surface area is 141 Å². The smallest absolute Gasteiger partial charge is 0.303 e. The quantitative estimate of drug-likeness (QED) is 0.861. The second-order valence-electron chi connectivity index (χ2n) is 5.00. The number of thioether (sulfide) groups is 1. The van der Waals surface area contributed by atoms with E-state index in [0.717, 1.165) is 17.0 Å². The Morgan fingerprint density at radius 1 is 1.33 bits per heavy atom. The molecule has 124 valence electrons. The number of aliphatic carboxylic acids is 1. The van der Waals surface area contributed by atoms with Crippen LogP contribution in [0.15, 0.2) is 39.3 Å². The van der Waals surface area contributed by atoms with Crippen molar-refractivity contribution in [2.24, 2.45) is 5.10 Å². The normalized spacial score (nSPS) is 13.1. The van der Waals surface area contributed by atoms with Gasteiger partial charge in [0.25, 0.3) is 5.56 Å². The second kappa shape index (κ2) is 6.83. The molecule has 0 bridgehead atoms. The van der Waals surface area contributed by atoms with Crippen LogP contribution in [-0.2, 0) is 11.2 Å². The number of aromatic nitrogens is 3. The molecule has 0 saturated heterocycles. The standard InChI is InChI=1S/C15H14N4O4S/c1-23-10-4-2-9(3-5-10)12-8-24-15-17-16-11(6-7-13(20)21)14(22)19(15)18-12/h2-5H,6-8H2,1H3,(H,20,21). The highest BCUT2D eigenvalue weighted by molar-refractivity contribution is 7.99. The summed E-state index contributed by atoms with van der Waals surface area (Å²) in [5, 5.41) is 21.3. The van der Waals surface area contributed by atoms with Gasteiger partial charge in [-0.25, -0.2) is 0 Å². The number of carbonyl (C=O) groups is 1. The summed E-state index contributed by atoms with van der Waals surface area (Å²) in [6.45, 7) is 0. The molecule has 0 unspecified atom stereocenters. The van der Waals surface area contributed by atoms with Crippen LogP contribution in [0.4, 0.5) is 0 Å². The van der Waals surface area contributed by atoms with Gasteiger partial charge in [0, 0.05) is 12.2 Å². The largest absolute Gasteiger partial charge is 0.497 e. The molecular weight excluding hydrogens is 332 g/mol. The lowest BCUT2D eigenvalue weighted by Gasteiger charge is -2.15.